The average molecular weight is 1330 g/mol. The van der Waals surface area contributed by atoms with Crippen molar-refractivity contribution < 1.29 is 109 Å². The van der Waals surface area contributed by atoms with Crippen molar-refractivity contribution >= 4 is 47.8 Å². The highest BCUT2D eigenvalue weighted by molar-refractivity contribution is 5.88. The van der Waals surface area contributed by atoms with Gasteiger partial charge in [-0.05, 0) is 198 Å². The first kappa shape index (κ1) is 75.3. The number of unbranched alkanes of at least 4 members (excludes halogenated alkanes) is 8. The van der Waals surface area contributed by atoms with Crippen LogP contribution in [0.2, 0.25) is 0 Å². The maximum absolute atomic E-state index is 14.0. The van der Waals surface area contributed by atoms with Gasteiger partial charge in [-0.25, -0.2) is 0 Å². The Balaban J connectivity index is 0.000000716. The fourth-order valence-electron chi connectivity index (χ4n) is 13.8. The van der Waals surface area contributed by atoms with Gasteiger partial charge >= 0.3 is 47.8 Å². The fourth-order valence-corrected chi connectivity index (χ4v) is 13.8. The largest absolute Gasteiger partial charge is 0.466 e. The van der Waals surface area contributed by atoms with Gasteiger partial charge in [-0.2, -0.15) is 0 Å². The lowest BCUT2D eigenvalue weighted by molar-refractivity contribution is -0.167. The molecule has 0 bridgehead atoms. The Labute approximate surface area is 556 Å². The van der Waals surface area contributed by atoms with Crippen molar-refractivity contribution in [3.63, 3.8) is 0 Å². The molecule has 5 saturated heterocycles. The summed E-state index contributed by atoms with van der Waals surface area (Å²) in [6.45, 7) is 4.42. The molecule has 5 heterocycles. The van der Waals surface area contributed by atoms with E-state index in [9.17, 15) is 38.4 Å². The smallest absolute Gasteiger partial charge is 0.310 e. The van der Waals surface area contributed by atoms with Crippen molar-refractivity contribution in [3.8, 4) is 0 Å². The van der Waals surface area contributed by atoms with Crippen LogP contribution in [-0.4, -0.2) is 189 Å². The number of carbonyl (C=O) groups is 8. The van der Waals surface area contributed by atoms with Crippen LogP contribution in [-0.2, 0) is 109 Å². The zero-order valence-corrected chi connectivity index (χ0v) is 56.6. The number of ether oxygens (including phenoxy) is 15. The molecule has 5 saturated carbocycles. The van der Waals surface area contributed by atoms with Crippen molar-refractivity contribution in [1.82, 2.24) is 0 Å². The molecule has 23 heteroatoms. The van der Waals surface area contributed by atoms with Crippen LogP contribution in [0.1, 0.15) is 225 Å². The van der Waals surface area contributed by atoms with Crippen LogP contribution >= 0.6 is 0 Å². The Morgan fingerprint density at radius 2 is 0.617 bits per heavy atom. The molecule has 0 spiro atoms. The number of hydrogen-bond donors (Lipinski definition) is 0. The summed E-state index contributed by atoms with van der Waals surface area (Å²) < 4.78 is 82.1. The van der Waals surface area contributed by atoms with E-state index < -0.39 is 48.6 Å². The molecule has 10 rings (SSSR count). The lowest BCUT2D eigenvalue weighted by atomic mass is 9.86. The topological polar surface area (TPSA) is 292 Å². The summed E-state index contributed by atoms with van der Waals surface area (Å²) in [5.74, 6) is -6.17. The summed E-state index contributed by atoms with van der Waals surface area (Å²) in [6, 6.07) is 0. The lowest BCUT2D eigenvalue weighted by Gasteiger charge is -2.28. The van der Waals surface area contributed by atoms with Gasteiger partial charge < -0.3 is 71.1 Å². The van der Waals surface area contributed by atoms with E-state index in [1.54, 1.807) is 14.2 Å². The van der Waals surface area contributed by atoms with Gasteiger partial charge in [-0.15, -0.1) is 0 Å². The van der Waals surface area contributed by atoms with Crippen molar-refractivity contribution in [1.29, 1.82) is 0 Å². The van der Waals surface area contributed by atoms with Crippen LogP contribution in [0.3, 0.4) is 0 Å². The number of rotatable bonds is 41. The van der Waals surface area contributed by atoms with E-state index in [1.807, 2.05) is 0 Å². The second-order valence-corrected chi connectivity index (χ2v) is 27.9. The van der Waals surface area contributed by atoms with Crippen LogP contribution in [0.5, 0.6) is 0 Å². The van der Waals surface area contributed by atoms with E-state index >= 15 is 0 Å². The zero-order valence-electron chi connectivity index (χ0n) is 56.6. The normalized spacial score (nSPS) is 30.1. The first-order chi connectivity index (χ1) is 45.7. The summed E-state index contributed by atoms with van der Waals surface area (Å²) >= 11 is 0. The minimum absolute atomic E-state index is 0.00559. The summed E-state index contributed by atoms with van der Waals surface area (Å²) in [7, 11) is 3.53. The highest BCUT2D eigenvalue weighted by Crippen LogP contribution is 2.42. The molecule has 0 amide bonds. The quantitative estimate of drug-likeness (QED) is 0.0238. The van der Waals surface area contributed by atoms with Gasteiger partial charge in [-0.3, -0.25) is 38.4 Å². The van der Waals surface area contributed by atoms with Gasteiger partial charge in [0.05, 0.1) is 151 Å². The monoisotopic (exact) mass is 1330 g/mol. The molecule has 0 aromatic carbocycles. The van der Waals surface area contributed by atoms with Crippen molar-refractivity contribution in [3.05, 3.63) is 0 Å². The Hall–Kier alpha value is -4.52. The predicted octanol–water partition coefficient (Wildman–Crippen LogP) is 9.85. The zero-order chi connectivity index (χ0) is 66.4. The number of carbonyl (C=O) groups excluding carboxylic acids is 8. The molecule has 94 heavy (non-hydrogen) atoms. The minimum atomic E-state index is -1.47. The lowest BCUT2D eigenvalue weighted by Crippen LogP contribution is -2.36. The molecule has 10 fully saturated rings. The Morgan fingerprint density at radius 1 is 0.340 bits per heavy atom. The molecule has 534 valence electrons. The molecular weight excluding hydrogens is 1220 g/mol. The van der Waals surface area contributed by atoms with Gasteiger partial charge in [0.25, 0.3) is 0 Å². The fraction of sp³-hybridized carbons (Fsp3) is 0.887. The highest BCUT2D eigenvalue weighted by atomic mass is 16.6. The minimum Gasteiger partial charge on any atom is -0.466 e. The summed E-state index contributed by atoms with van der Waals surface area (Å²) in [4.78, 5) is 105. The number of fused-ring (bicyclic) bond motifs is 4. The van der Waals surface area contributed by atoms with Crippen LogP contribution in [0.15, 0.2) is 0 Å². The summed E-state index contributed by atoms with van der Waals surface area (Å²) in [5.41, 5.74) is 0. The van der Waals surface area contributed by atoms with Crippen molar-refractivity contribution in [2.75, 3.05) is 73.7 Å². The van der Waals surface area contributed by atoms with Crippen LogP contribution in [0, 0.1) is 35.5 Å². The third kappa shape index (κ3) is 29.3. The SMILES string of the molecule is CC1CO1.COC1CCCCC1OC.O=C(CCCCCOC(=O)CC(C(=O)OCCCCCC(=O)OCC1CCC2OC2C1)C(CC(=O)OCCCCCC(=O)OCC1CCC2OC2C1)C(=O)OCCCCCC(=O)OCC1CCC2OC2C1)OCC1CCC2OC2C1. The number of epoxide rings is 5. The first-order valence-electron chi connectivity index (χ1n) is 36.3. The van der Waals surface area contributed by atoms with Crippen molar-refractivity contribution in [2.45, 2.75) is 292 Å². The van der Waals surface area contributed by atoms with Crippen LogP contribution in [0.25, 0.3) is 0 Å². The molecule has 5 aliphatic carbocycles. The first-order valence-corrected chi connectivity index (χ1v) is 36.3. The molecule has 0 aromatic rings. The predicted molar refractivity (Wildman–Crippen MR) is 337 cm³/mol. The van der Waals surface area contributed by atoms with Gasteiger partial charge in [0.2, 0.25) is 0 Å². The number of methoxy groups -OCH3 is 2. The Morgan fingerprint density at radius 3 is 0.872 bits per heavy atom. The highest BCUT2D eigenvalue weighted by Gasteiger charge is 2.47. The molecule has 10 aliphatic rings. The molecule has 17 atom stereocenters. The standard InChI is InChI=1S/C60H90O20.C8H16O2.C3H6O/c61-53(73-35-39-17-21-45-49(29-39)77-45)13-5-1-9-25-69-57(65)33-43(59(67)71-27-11-3-7-15-55(63)75-37-41-19-23-47-51(31-41)79-47)44(60(68)72-28-12-4-8-16-56(64)76-38-42-20-24-48-52(32-42)80-48)34-58(66)70-26-10-2-6-14-54(62)74-36-40-18-22-46-50(30-40)78-46;1-9-7-5-3-4-6-8(7)10-2;1-3-2-4-3/h39-52H,1-38H2;7-8H,3-6H2,1-2H3;3H,2H2,1H3. The Bertz CT molecular complexity index is 2180. The average Bonchev–Trinajstić information content (AvgIpc) is 1.66. The summed E-state index contributed by atoms with van der Waals surface area (Å²) in [5, 5.41) is 0. The molecular formula is C71H112O23. The molecule has 0 aromatic heterocycles. The van der Waals surface area contributed by atoms with E-state index in [2.05, 4.69) is 6.92 Å². The van der Waals surface area contributed by atoms with E-state index in [0.29, 0.717) is 194 Å². The van der Waals surface area contributed by atoms with Gasteiger partial charge in [-0.1, -0.05) is 12.8 Å². The molecule has 0 N–H and O–H groups in total. The molecule has 23 nitrogen and oxygen atoms in total. The van der Waals surface area contributed by atoms with Gasteiger partial charge in [0, 0.05) is 39.9 Å². The summed E-state index contributed by atoms with van der Waals surface area (Å²) in [6.07, 6.45) is 26.1. The third-order valence-corrected chi connectivity index (χ3v) is 20.1. The molecule has 5 aliphatic heterocycles. The number of esters is 8. The van der Waals surface area contributed by atoms with Gasteiger partial charge in [0.1, 0.15) is 0 Å². The maximum Gasteiger partial charge on any atom is 0.310 e. The Kier molecular flexibility index (Phi) is 32.8. The second kappa shape index (κ2) is 41.0. The third-order valence-electron chi connectivity index (χ3n) is 20.1. The second-order valence-electron chi connectivity index (χ2n) is 27.9. The van der Waals surface area contributed by atoms with Crippen molar-refractivity contribution in [2.24, 2.45) is 35.5 Å². The van der Waals surface area contributed by atoms with E-state index in [-0.39, 0.29) is 76.0 Å². The molecule has 17 unspecified atom stereocenters. The van der Waals surface area contributed by atoms with Crippen LogP contribution in [0.4, 0.5) is 0 Å². The number of hydrogen-bond acceptors (Lipinski definition) is 23. The van der Waals surface area contributed by atoms with E-state index in [0.717, 1.165) is 96.5 Å². The van der Waals surface area contributed by atoms with Crippen LogP contribution < -0.4 is 0 Å². The van der Waals surface area contributed by atoms with Gasteiger partial charge in [0.15, 0.2) is 0 Å². The maximum atomic E-state index is 14.0. The van der Waals surface area contributed by atoms with E-state index in [1.165, 1.54) is 12.8 Å². The molecule has 0 radical (unpaired) electrons. The van der Waals surface area contributed by atoms with E-state index in [4.69, 9.17) is 71.1 Å².